The van der Waals surface area contributed by atoms with Crippen molar-refractivity contribution in [2.75, 3.05) is 6.61 Å². The van der Waals surface area contributed by atoms with Crippen LogP contribution in [0.2, 0.25) is 5.02 Å². The van der Waals surface area contributed by atoms with Gasteiger partial charge >= 0.3 is 6.18 Å². The van der Waals surface area contributed by atoms with Crippen LogP contribution in [0, 0.1) is 5.82 Å². The molecule has 0 saturated heterocycles. The standard InChI is InChI=1S/C24H23ClF4N4O4/c1-3-13-4-5-15(7-18(13)26)36-12-20(34)32-23(2)8-14(9-23)22-31-19(33-37-22)11-35-16-6-17(25)21(30-10-16)24(27,28)29/h4-7,10,14H,3,8-9,11-12H2,1-2H3,(H,32,34). The molecule has 198 valence electrons. The predicted octanol–water partition coefficient (Wildman–Crippen LogP) is 5.25. The SMILES string of the molecule is CCc1ccc(OCC(=O)NC2(C)CC(c3nc(COc4cnc(C(F)(F)F)c(Cl)c4)no3)C2)cc1F. The minimum absolute atomic E-state index is 0.0227. The zero-order chi connectivity index (χ0) is 26.8. The van der Waals surface area contributed by atoms with Crippen molar-refractivity contribution in [2.24, 2.45) is 0 Å². The number of alkyl halides is 3. The molecule has 0 atom stereocenters. The first kappa shape index (κ1) is 26.6. The van der Waals surface area contributed by atoms with Crippen molar-refractivity contribution in [1.82, 2.24) is 20.4 Å². The molecule has 2 heterocycles. The van der Waals surface area contributed by atoms with E-state index in [1.165, 1.54) is 6.07 Å². The van der Waals surface area contributed by atoms with Crippen LogP contribution in [0.1, 0.15) is 55.6 Å². The van der Waals surface area contributed by atoms with Gasteiger partial charge in [-0.1, -0.05) is 29.7 Å². The molecule has 8 nitrogen and oxygen atoms in total. The maximum Gasteiger partial charge on any atom is 0.434 e. The van der Waals surface area contributed by atoms with Crippen LogP contribution in [-0.4, -0.2) is 33.2 Å². The molecular formula is C24H23ClF4N4O4. The van der Waals surface area contributed by atoms with Crippen LogP contribution in [0.4, 0.5) is 17.6 Å². The average Bonchev–Trinajstić information content (AvgIpc) is 3.28. The number of ether oxygens (including phenoxy) is 2. The van der Waals surface area contributed by atoms with Gasteiger partial charge in [-0.15, -0.1) is 0 Å². The van der Waals surface area contributed by atoms with Gasteiger partial charge < -0.3 is 19.3 Å². The summed E-state index contributed by atoms with van der Waals surface area (Å²) in [4.78, 5) is 19.9. The van der Waals surface area contributed by atoms with Crippen molar-refractivity contribution in [1.29, 1.82) is 0 Å². The molecule has 1 aliphatic carbocycles. The number of halogens is 5. The molecule has 13 heteroatoms. The highest BCUT2D eigenvalue weighted by Crippen LogP contribution is 2.44. The number of pyridine rings is 1. The Hall–Kier alpha value is -3.41. The quantitative estimate of drug-likeness (QED) is 0.369. The molecule has 1 amide bonds. The number of aromatic nitrogens is 3. The largest absolute Gasteiger partial charge is 0.484 e. The molecule has 1 saturated carbocycles. The first-order valence-corrected chi connectivity index (χ1v) is 11.7. The average molecular weight is 543 g/mol. The number of hydrogen-bond donors (Lipinski definition) is 1. The molecule has 1 aromatic carbocycles. The van der Waals surface area contributed by atoms with Gasteiger partial charge in [-0.3, -0.25) is 4.79 Å². The van der Waals surface area contributed by atoms with Gasteiger partial charge in [0.1, 0.15) is 17.3 Å². The highest BCUT2D eigenvalue weighted by Gasteiger charge is 2.44. The summed E-state index contributed by atoms with van der Waals surface area (Å²) in [5.41, 5.74) is -1.13. The Bertz CT molecular complexity index is 1280. The number of hydrogen-bond acceptors (Lipinski definition) is 7. The first-order chi connectivity index (χ1) is 17.5. The zero-order valence-electron chi connectivity index (χ0n) is 19.9. The summed E-state index contributed by atoms with van der Waals surface area (Å²) in [6.45, 7) is 3.30. The summed E-state index contributed by atoms with van der Waals surface area (Å²) >= 11 is 5.63. The van der Waals surface area contributed by atoms with E-state index in [4.69, 9.17) is 25.6 Å². The fourth-order valence-electron chi connectivity index (χ4n) is 4.08. The Labute approximate surface area is 214 Å². The van der Waals surface area contributed by atoms with Gasteiger partial charge in [-0.2, -0.15) is 18.2 Å². The summed E-state index contributed by atoms with van der Waals surface area (Å²) in [6, 6.07) is 5.51. The summed E-state index contributed by atoms with van der Waals surface area (Å²) in [6.07, 6.45) is -2.11. The minimum atomic E-state index is -4.66. The third-order valence-electron chi connectivity index (χ3n) is 5.90. The molecule has 0 bridgehead atoms. The Balaban J connectivity index is 1.23. The van der Waals surface area contributed by atoms with Crippen LogP contribution in [0.3, 0.4) is 0 Å². The van der Waals surface area contributed by atoms with Crippen LogP contribution in [0.15, 0.2) is 35.0 Å². The van der Waals surface area contributed by atoms with Crippen molar-refractivity contribution in [3.63, 3.8) is 0 Å². The maximum absolute atomic E-state index is 13.9. The Morgan fingerprint density at radius 2 is 2.00 bits per heavy atom. The molecule has 1 fully saturated rings. The van der Waals surface area contributed by atoms with Gasteiger partial charge in [0.15, 0.2) is 18.9 Å². The molecule has 0 aliphatic heterocycles. The van der Waals surface area contributed by atoms with Gasteiger partial charge in [0.25, 0.3) is 5.91 Å². The van der Waals surface area contributed by atoms with Gasteiger partial charge in [0.2, 0.25) is 11.7 Å². The van der Waals surface area contributed by atoms with Crippen LogP contribution < -0.4 is 14.8 Å². The normalized spacial score (nSPS) is 19.3. The lowest BCUT2D eigenvalue weighted by molar-refractivity contribution is -0.141. The minimum Gasteiger partial charge on any atom is -0.484 e. The van der Waals surface area contributed by atoms with Crippen molar-refractivity contribution in [2.45, 2.75) is 57.3 Å². The molecule has 2 aromatic heterocycles. The third kappa shape index (κ3) is 6.48. The fraction of sp³-hybridized carbons (Fsp3) is 0.417. The summed E-state index contributed by atoms with van der Waals surface area (Å²) in [5.74, 6) is 0.0362. The van der Waals surface area contributed by atoms with Crippen LogP contribution in [-0.2, 0) is 24.0 Å². The van der Waals surface area contributed by atoms with Gasteiger partial charge in [-0.05, 0) is 37.8 Å². The van der Waals surface area contributed by atoms with Crippen molar-refractivity contribution >= 4 is 17.5 Å². The number of amides is 1. The number of carbonyl (C=O) groups excluding carboxylic acids is 1. The molecular weight excluding hydrogens is 520 g/mol. The molecule has 1 aliphatic rings. The van der Waals surface area contributed by atoms with E-state index in [1.807, 2.05) is 13.8 Å². The monoisotopic (exact) mass is 542 g/mol. The van der Waals surface area contributed by atoms with E-state index in [0.717, 1.165) is 12.3 Å². The van der Waals surface area contributed by atoms with E-state index in [1.54, 1.807) is 12.1 Å². The molecule has 0 spiro atoms. The lowest BCUT2D eigenvalue weighted by Gasteiger charge is -2.44. The second-order valence-electron chi connectivity index (χ2n) is 8.95. The number of rotatable bonds is 9. The molecule has 0 radical (unpaired) electrons. The lowest BCUT2D eigenvalue weighted by atomic mass is 9.69. The van der Waals surface area contributed by atoms with Crippen LogP contribution in [0.5, 0.6) is 11.5 Å². The zero-order valence-corrected chi connectivity index (χ0v) is 20.6. The van der Waals surface area contributed by atoms with Gasteiger partial charge in [0.05, 0.1) is 11.2 Å². The van der Waals surface area contributed by atoms with E-state index >= 15 is 0 Å². The van der Waals surface area contributed by atoms with Crippen molar-refractivity contribution in [3.8, 4) is 11.5 Å². The predicted molar refractivity (Wildman–Crippen MR) is 123 cm³/mol. The first-order valence-electron chi connectivity index (χ1n) is 11.4. The maximum atomic E-state index is 13.9. The van der Waals surface area contributed by atoms with Crippen molar-refractivity contribution in [3.05, 3.63) is 64.3 Å². The van der Waals surface area contributed by atoms with Crippen molar-refractivity contribution < 1.29 is 36.4 Å². The number of nitrogens with zero attached hydrogens (tertiary/aromatic N) is 3. The van der Waals surface area contributed by atoms with Crippen LogP contribution in [0.25, 0.3) is 0 Å². The number of aryl methyl sites for hydroxylation is 1. The second kappa shape index (κ2) is 10.5. The Morgan fingerprint density at radius 1 is 1.24 bits per heavy atom. The third-order valence-corrected chi connectivity index (χ3v) is 6.18. The Kier molecular flexibility index (Phi) is 7.58. The van der Waals surface area contributed by atoms with Gasteiger partial charge in [-0.25, -0.2) is 9.37 Å². The number of nitrogens with one attached hydrogen (secondary N) is 1. The number of benzene rings is 1. The van der Waals surface area contributed by atoms with Crippen LogP contribution >= 0.6 is 11.6 Å². The summed E-state index contributed by atoms with van der Waals surface area (Å²) in [5, 5.41) is 6.14. The smallest absolute Gasteiger partial charge is 0.434 e. The molecule has 37 heavy (non-hydrogen) atoms. The van der Waals surface area contributed by atoms with E-state index in [2.05, 4.69) is 20.4 Å². The van der Waals surface area contributed by atoms with E-state index < -0.39 is 22.4 Å². The summed E-state index contributed by atoms with van der Waals surface area (Å²) < 4.78 is 68.2. The molecule has 4 rings (SSSR count). The fourth-order valence-corrected chi connectivity index (χ4v) is 4.34. The number of carbonyl (C=O) groups is 1. The highest BCUT2D eigenvalue weighted by atomic mass is 35.5. The van der Waals surface area contributed by atoms with E-state index in [9.17, 15) is 22.4 Å². The Morgan fingerprint density at radius 3 is 2.65 bits per heavy atom. The molecule has 0 unspecified atom stereocenters. The summed E-state index contributed by atoms with van der Waals surface area (Å²) in [7, 11) is 0. The van der Waals surface area contributed by atoms with E-state index in [-0.39, 0.29) is 48.2 Å². The molecule has 3 aromatic rings. The lowest BCUT2D eigenvalue weighted by Crippen LogP contribution is -2.55. The second-order valence-corrected chi connectivity index (χ2v) is 9.35. The molecule has 1 N–H and O–H groups in total. The topological polar surface area (TPSA) is 99.4 Å². The highest BCUT2D eigenvalue weighted by molar-refractivity contribution is 6.31. The van der Waals surface area contributed by atoms with Gasteiger partial charge in [0, 0.05) is 23.6 Å². The van der Waals surface area contributed by atoms with E-state index in [0.29, 0.717) is 30.7 Å².